The quantitative estimate of drug-likeness (QED) is 0.806. The summed E-state index contributed by atoms with van der Waals surface area (Å²) < 4.78 is 26.5. The van der Waals surface area contributed by atoms with Crippen LogP contribution in [0.2, 0.25) is 5.28 Å². The van der Waals surface area contributed by atoms with Crippen molar-refractivity contribution in [1.29, 1.82) is 0 Å². The Bertz CT molecular complexity index is 379. The largest absolute Gasteiger partial charge is 0.323 e. The van der Waals surface area contributed by atoms with Gasteiger partial charge in [0.15, 0.2) is 5.03 Å². The van der Waals surface area contributed by atoms with E-state index in [0.717, 1.165) is 0 Å². The van der Waals surface area contributed by atoms with Crippen molar-refractivity contribution in [2.45, 2.75) is 11.9 Å². The molecule has 0 radical (unpaired) electrons. The predicted molar refractivity (Wildman–Crippen MR) is 49.1 cm³/mol. The zero-order valence-electron chi connectivity index (χ0n) is 7.28. The van der Waals surface area contributed by atoms with Crippen molar-refractivity contribution in [1.82, 2.24) is 14.3 Å². The van der Waals surface area contributed by atoms with Gasteiger partial charge in [-0.2, -0.15) is 0 Å². The molecule has 0 saturated carbocycles. The zero-order chi connectivity index (χ0) is 10.1. The first-order valence-electron chi connectivity index (χ1n) is 3.66. The number of rotatable bonds is 3. The number of aryl methyl sites for hydroxylation is 1. The molecule has 7 heteroatoms. The number of halogens is 1. The van der Waals surface area contributed by atoms with E-state index in [-0.39, 0.29) is 10.3 Å². The molecule has 74 valence electrons. The molecule has 5 nitrogen and oxygen atoms in total. The van der Waals surface area contributed by atoms with Crippen LogP contribution in [0.25, 0.3) is 0 Å². The first-order valence-corrected chi connectivity index (χ1v) is 5.52. The van der Waals surface area contributed by atoms with Crippen LogP contribution in [0.3, 0.4) is 0 Å². The molecule has 0 bridgehead atoms. The van der Waals surface area contributed by atoms with E-state index in [1.807, 2.05) is 0 Å². The second-order valence-corrected chi connectivity index (χ2v) is 4.51. The van der Waals surface area contributed by atoms with Gasteiger partial charge < -0.3 is 4.57 Å². The predicted octanol–water partition coefficient (Wildman–Crippen LogP) is 0.372. The summed E-state index contributed by atoms with van der Waals surface area (Å²) in [5, 5.41) is 0.0957. The van der Waals surface area contributed by atoms with Crippen molar-refractivity contribution in [3.05, 3.63) is 11.5 Å². The average molecular weight is 224 g/mol. The minimum atomic E-state index is -3.48. The second-order valence-electron chi connectivity index (χ2n) is 2.46. The number of nitrogens with one attached hydrogen (secondary N) is 1. The minimum absolute atomic E-state index is 0.0538. The molecule has 0 atom stereocenters. The lowest BCUT2D eigenvalue weighted by Gasteiger charge is -1.98. The van der Waals surface area contributed by atoms with Crippen LogP contribution in [-0.2, 0) is 17.1 Å². The summed E-state index contributed by atoms with van der Waals surface area (Å²) in [6.45, 7) is 2.03. The first kappa shape index (κ1) is 10.5. The molecule has 0 aromatic carbocycles. The van der Waals surface area contributed by atoms with Gasteiger partial charge in [0, 0.05) is 19.8 Å². The van der Waals surface area contributed by atoms with Crippen LogP contribution in [0.5, 0.6) is 0 Å². The Morgan fingerprint density at radius 2 is 2.31 bits per heavy atom. The van der Waals surface area contributed by atoms with Gasteiger partial charge in [-0.05, 0) is 11.6 Å². The van der Waals surface area contributed by atoms with Crippen LogP contribution < -0.4 is 4.72 Å². The third-order valence-corrected chi connectivity index (χ3v) is 3.17. The van der Waals surface area contributed by atoms with Gasteiger partial charge in [-0.1, -0.05) is 6.92 Å². The monoisotopic (exact) mass is 223 g/mol. The maximum atomic E-state index is 11.4. The van der Waals surface area contributed by atoms with E-state index in [0.29, 0.717) is 6.54 Å². The zero-order valence-corrected chi connectivity index (χ0v) is 8.85. The van der Waals surface area contributed by atoms with Crippen LogP contribution in [0.1, 0.15) is 6.92 Å². The minimum Gasteiger partial charge on any atom is -0.323 e. The highest BCUT2D eigenvalue weighted by Crippen LogP contribution is 2.11. The van der Waals surface area contributed by atoms with E-state index in [9.17, 15) is 8.42 Å². The highest BCUT2D eigenvalue weighted by Gasteiger charge is 2.17. The smallest absolute Gasteiger partial charge is 0.259 e. The molecule has 0 unspecified atom stereocenters. The van der Waals surface area contributed by atoms with Crippen LogP contribution >= 0.6 is 11.6 Å². The second kappa shape index (κ2) is 3.65. The summed E-state index contributed by atoms with van der Waals surface area (Å²) in [4.78, 5) is 3.68. The van der Waals surface area contributed by atoms with Gasteiger partial charge >= 0.3 is 0 Å². The molecule has 1 aromatic heterocycles. The average Bonchev–Trinajstić information content (AvgIpc) is 2.33. The molecule has 1 N–H and O–H groups in total. The summed E-state index contributed by atoms with van der Waals surface area (Å²) in [5.41, 5.74) is 0. The van der Waals surface area contributed by atoms with Gasteiger partial charge in [-0.25, -0.2) is 18.1 Å². The third kappa shape index (κ3) is 2.20. The van der Waals surface area contributed by atoms with E-state index in [4.69, 9.17) is 11.6 Å². The van der Waals surface area contributed by atoms with Gasteiger partial charge in [-0.15, -0.1) is 0 Å². The van der Waals surface area contributed by atoms with Crippen LogP contribution in [0.15, 0.2) is 11.2 Å². The van der Waals surface area contributed by atoms with E-state index >= 15 is 0 Å². The molecular formula is C6H10ClN3O2S. The summed E-state index contributed by atoms with van der Waals surface area (Å²) in [7, 11) is -1.85. The van der Waals surface area contributed by atoms with Crippen LogP contribution in [0.4, 0.5) is 0 Å². The lowest BCUT2D eigenvalue weighted by molar-refractivity contribution is 0.580. The first-order chi connectivity index (χ1) is 5.97. The van der Waals surface area contributed by atoms with Crippen molar-refractivity contribution >= 4 is 21.6 Å². The summed E-state index contributed by atoms with van der Waals surface area (Å²) in [5.74, 6) is 0. The highest BCUT2D eigenvalue weighted by molar-refractivity contribution is 7.89. The number of sulfonamides is 1. The third-order valence-electron chi connectivity index (χ3n) is 1.41. The van der Waals surface area contributed by atoms with E-state index in [1.165, 1.54) is 10.8 Å². The summed E-state index contributed by atoms with van der Waals surface area (Å²) in [6, 6.07) is 0. The fourth-order valence-electron chi connectivity index (χ4n) is 0.811. The van der Waals surface area contributed by atoms with E-state index < -0.39 is 10.0 Å². The lowest BCUT2D eigenvalue weighted by Crippen LogP contribution is -2.23. The number of nitrogens with zero attached hydrogens (tertiary/aromatic N) is 2. The van der Waals surface area contributed by atoms with Gasteiger partial charge in [0.1, 0.15) is 0 Å². The van der Waals surface area contributed by atoms with Crippen molar-refractivity contribution in [2.24, 2.45) is 7.05 Å². The van der Waals surface area contributed by atoms with Crippen molar-refractivity contribution in [3.8, 4) is 0 Å². The normalized spacial score (nSPS) is 11.9. The Morgan fingerprint density at radius 3 is 2.69 bits per heavy atom. The maximum absolute atomic E-state index is 11.4. The Balaban J connectivity index is 3.08. The van der Waals surface area contributed by atoms with E-state index in [2.05, 4.69) is 9.71 Å². The molecule has 0 aliphatic heterocycles. The standard InChI is InChI=1S/C6H10ClN3O2S/c1-3-8-13(11,12)5-4-10(2)6(7)9-5/h4,8H,3H2,1-2H3. The molecule has 0 amide bonds. The van der Waals surface area contributed by atoms with Crippen molar-refractivity contribution in [2.75, 3.05) is 6.54 Å². The molecule has 0 fully saturated rings. The number of imidazole rings is 1. The van der Waals surface area contributed by atoms with Gasteiger partial charge in [0.2, 0.25) is 5.28 Å². The fourth-order valence-corrected chi connectivity index (χ4v) is 2.03. The maximum Gasteiger partial charge on any atom is 0.259 e. The van der Waals surface area contributed by atoms with Crippen molar-refractivity contribution < 1.29 is 8.42 Å². The molecule has 0 aliphatic carbocycles. The Morgan fingerprint density at radius 1 is 1.69 bits per heavy atom. The number of hydrogen-bond donors (Lipinski definition) is 1. The molecule has 1 heterocycles. The molecule has 1 rings (SSSR count). The Hall–Kier alpha value is -0.590. The molecule has 0 saturated heterocycles. The van der Waals surface area contributed by atoms with Crippen molar-refractivity contribution in [3.63, 3.8) is 0 Å². The molecule has 0 spiro atoms. The fraction of sp³-hybridized carbons (Fsp3) is 0.500. The highest BCUT2D eigenvalue weighted by atomic mass is 35.5. The van der Waals surface area contributed by atoms with E-state index in [1.54, 1.807) is 14.0 Å². The Kier molecular flexibility index (Phi) is 2.94. The van der Waals surface area contributed by atoms with Gasteiger partial charge in [-0.3, -0.25) is 0 Å². The van der Waals surface area contributed by atoms with Gasteiger partial charge in [0.25, 0.3) is 10.0 Å². The van der Waals surface area contributed by atoms with Gasteiger partial charge in [0.05, 0.1) is 0 Å². The SMILES string of the molecule is CCNS(=O)(=O)c1cn(C)c(Cl)n1. The number of aromatic nitrogens is 2. The van der Waals surface area contributed by atoms with Crippen LogP contribution in [0, 0.1) is 0 Å². The molecular weight excluding hydrogens is 214 g/mol. The lowest BCUT2D eigenvalue weighted by atomic mass is 10.8. The number of hydrogen-bond acceptors (Lipinski definition) is 3. The van der Waals surface area contributed by atoms with Crippen LogP contribution in [-0.4, -0.2) is 24.5 Å². The molecule has 13 heavy (non-hydrogen) atoms. The summed E-state index contributed by atoms with van der Waals surface area (Å²) in [6.07, 6.45) is 1.36. The molecule has 0 aliphatic rings. The topological polar surface area (TPSA) is 64.0 Å². The molecule has 1 aromatic rings. The summed E-state index contributed by atoms with van der Waals surface area (Å²) >= 11 is 5.60. The Labute approximate surface area is 81.8 Å².